The van der Waals surface area contributed by atoms with Crippen LogP contribution in [0.4, 0.5) is 0 Å². The van der Waals surface area contributed by atoms with E-state index in [-0.39, 0.29) is 18.4 Å². The van der Waals surface area contributed by atoms with Crippen LogP contribution < -0.4 is 10.1 Å². The van der Waals surface area contributed by atoms with Crippen LogP contribution in [-0.2, 0) is 9.59 Å². The zero-order valence-electron chi connectivity index (χ0n) is 12.8. The molecule has 1 heterocycles. The van der Waals surface area contributed by atoms with Crippen molar-refractivity contribution in [3.8, 4) is 5.75 Å². The number of nitrogens with zero attached hydrogens (tertiary/aromatic N) is 2. The van der Waals surface area contributed by atoms with Crippen molar-refractivity contribution in [3.05, 3.63) is 28.2 Å². The van der Waals surface area contributed by atoms with Crippen molar-refractivity contribution in [1.29, 1.82) is 0 Å². The van der Waals surface area contributed by atoms with E-state index in [0.29, 0.717) is 48.5 Å². The molecule has 126 valence electrons. The molecule has 23 heavy (non-hydrogen) atoms. The number of piperazine rings is 1. The summed E-state index contributed by atoms with van der Waals surface area (Å²) in [6, 6.07) is 4.88. The van der Waals surface area contributed by atoms with Gasteiger partial charge in [0.2, 0.25) is 5.91 Å². The van der Waals surface area contributed by atoms with Crippen LogP contribution >= 0.6 is 23.2 Å². The van der Waals surface area contributed by atoms with Gasteiger partial charge in [-0.25, -0.2) is 0 Å². The topological polar surface area (TPSA) is 61.9 Å². The molecule has 1 aliphatic rings. The Hall–Kier alpha value is -1.50. The molecule has 0 aliphatic carbocycles. The molecule has 0 radical (unpaired) electrons. The highest BCUT2D eigenvalue weighted by Gasteiger charge is 2.22. The number of benzene rings is 1. The fourth-order valence-corrected chi connectivity index (χ4v) is 2.53. The van der Waals surface area contributed by atoms with Crippen molar-refractivity contribution in [2.75, 3.05) is 46.4 Å². The molecule has 8 heteroatoms. The van der Waals surface area contributed by atoms with E-state index in [2.05, 4.69) is 5.32 Å². The van der Waals surface area contributed by atoms with Crippen LogP contribution in [0.25, 0.3) is 0 Å². The Labute approximate surface area is 145 Å². The lowest BCUT2D eigenvalue weighted by atomic mass is 10.3. The monoisotopic (exact) mass is 359 g/mol. The predicted octanol–water partition coefficient (Wildman–Crippen LogP) is 1.26. The molecular weight excluding hydrogens is 341 g/mol. The summed E-state index contributed by atoms with van der Waals surface area (Å²) in [6.07, 6.45) is 0. The molecule has 2 rings (SSSR count). The van der Waals surface area contributed by atoms with E-state index in [0.717, 1.165) is 0 Å². The Kier molecular flexibility index (Phi) is 6.50. The number of carbonyl (C=O) groups is 2. The summed E-state index contributed by atoms with van der Waals surface area (Å²) in [6.45, 7) is 2.82. The first-order valence-electron chi connectivity index (χ1n) is 7.28. The maximum absolute atomic E-state index is 12.2. The predicted molar refractivity (Wildman–Crippen MR) is 89.0 cm³/mol. The Morgan fingerprint density at radius 2 is 1.87 bits per heavy atom. The number of nitrogens with one attached hydrogen (secondary N) is 1. The van der Waals surface area contributed by atoms with Gasteiger partial charge in [-0.1, -0.05) is 23.2 Å². The largest absolute Gasteiger partial charge is 0.484 e. The molecule has 1 aromatic rings. The Morgan fingerprint density at radius 1 is 1.17 bits per heavy atom. The number of ether oxygens (including phenoxy) is 1. The molecule has 2 amide bonds. The van der Waals surface area contributed by atoms with Crippen LogP contribution in [0.1, 0.15) is 0 Å². The Morgan fingerprint density at radius 3 is 2.48 bits per heavy atom. The summed E-state index contributed by atoms with van der Waals surface area (Å²) in [5.74, 6) is 0.398. The van der Waals surface area contributed by atoms with Crippen molar-refractivity contribution >= 4 is 35.0 Å². The summed E-state index contributed by atoms with van der Waals surface area (Å²) in [7, 11) is 1.61. The van der Waals surface area contributed by atoms with Gasteiger partial charge in [-0.2, -0.15) is 0 Å². The Balaban J connectivity index is 1.76. The van der Waals surface area contributed by atoms with E-state index in [4.69, 9.17) is 27.9 Å². The van der Waals surface area contributed by atoms with E-state index < -0.39 is 0 Å². The number of rotatable bonds is 5. The lowest BCUT2D eigenvalue weighted by Crippen LogP contribution is -2.51. The number of hydrogen-bond acceptors (Lipinski definition) is 4. The van der Waals surface area contributed by atoms with Crippen molar-refractivity contribution in [2.24, 2.45) is 0 Å². The van der Waals surface area contributed by atoms with E-state index in [9.17, 15) is 9.59 Å². The van der Waals surface area contributed by atoms with Crippen molar-refractivity contribution < 1.29 is 14.3 Å². The van der Waals surface area contributed by atoms with Crippen LogP contribution in [0.3, 0.4) is 0 Å². The first kappa shape index (κ1) is 17.8. The molecule has 1 N–H and O–H groups in total. The normalized spacial score (nSPS) is 15.3. The average molecular weight is 360 g/mol. The number of amides is 2. The molecule has 1 aromatic carbocycles. The minimum absolute atomic E-state index is 0.0206. The lowest BCUT2D eigenvalue weighted by molar-refractivity contribution is -0.135. The summed E-state index contributed by atoms with van der Waals surface area (Å²) in [5, 5.41) is 3.42. The number of hydrogen-bond donors (Lipinski definition) is 1. The van der Waals surface area contributed by atoms with Crippen LogP contribution in [-0.4, -0.2) is 68.0 Å². The highest BCUT2D eigenvalue weighted by atomic mass is 35.5. The molecule has 0 saturated carbocycles. The Bertz CT molecular complexity index is 575. The molecule has 0 unspecified atom stereocenters. The third kappa shape index (κ3) is 5.27. The fourth-order valence-electron chi connectivity index (χ4n) is 2.24. The van der Waals surface area contributed by atoms with Gasteiger partial charge in [0.25, 0.3) is 5.91 Å². The first-order chi connectivity index (χ1) is 11.0. The summed E-state index contributed by atoms with van der Waals surface area (Å²) >= 11 is 11.7. The van der Waals surface area contributed by atoms with E-state index in [1.54, 1.807) is 30.1 Å². The van der Waals surface area contributed by atoms with Crippen molar-refractivity contribution in [1.82, 2.24) is 15.1 Å². The number of halogens is 2. The second-order valence-corrected chi connectivity index (χ2v) is 6.01. The van der Waals surface area contributed by atoms with Crippen LogP contribution in [0.2, 0.25) is 10.0 Å². The second kappa shape index (κ2) is 8.38. The van der Waals surface area contributed by atoms with Crippen LogP contribution in [0.5, 0.6) is 5.75 Å². The van der Waals surface area contributed by atoms with Crippen LogP contribution in [0, 0.1) is 0 Å². The molecule has 1 fully saturated rings. The zero-order chi connectivity index (χ0) is 16.8. The maximum atomic E-state index is 12.2. The number of likely N-dealkylation sites (N-methyl/N-ethyl adjacent to an activating group) is 1. The van der Waals surface area contributed by atoms with Gasteiger partial charge in [0, 0.05) is 39.3 Å². The van der Waals surface area contributed by atoms with E-state index in [1.807, 2.05) is 4.90 Å². The third-order valence-corrected chi connectivity index (χ3v) is 4.36. The molecule has 0 bridgehead atoms. The van der Waals surface area contributed by atoms with E-state index in [1.165, 1.54) is 0 Å². The number of carbonyl (C=O) groups excluding carboxylic acids is 2. The molecule has 6 nitrogen and oxygen atoms in total. The highest BCUT2D eigenvalue weighted by molar-refractivity contribution is 6.42. The zero-order valence-corrected chi connectivity index (χ0v) is 14.4. The SMILES string of the molecule is CNC(=O)CN1CCN(C(=O)COc2ccc(Cl)c(Cl)c2)CC1. The van der Waals surface area contributed by atoms with Gasteiger partial charge in [0.05, 0.1) is 16.6 Å². The molecule has 0 atom stereocenters. The van der Waals surface area contributed by atoms with Gasteiger partial charge >= 0.3 is 0 Å². The van der Waals surface area contributed by atoms with Gasteiger partial charge in [-0.15, -0.1) is 0 Å². The molecule has 0 aromatic heterocycles. The average Bonchev–Trinajstić information content (AvgIpc) is 2.56. The minimum Gasteiger partial charge on any atom is -0.484 e. The van der Waals surface area contributed by atoms with Gasteiger partial charge in [0.15, 0.2) is 6.61 Å². The minimum atomic E-state index is -0.0873. The fraction of sp³-hybridized carbons (Fsp3) is 0.467. The first-order valence-corrected chi connectivity index (χ1v) is 8.03. The van der Waals surface area contributed by atoms with Gasteiger partial charge in [-0.05, 0) is 12.1 Å². The molecule has 0 spiro atoms. The summed E-state index contributed by atoms with van der Waals surface area (Å²) in [4.78, 5) is 27.2. The lowest BCUT2D eigenvalue weighted by Gasteiger charge is -2.34. The van der Waals surface area contributed by atoms with Crippen LogP contribution in [0.15, 0.2) is 18.2 Å². The van der Waals surface area contributed by atoms with Gasteiger partial charge in [0.1, 0.15) is 5.75 Å². The molecular formula is C15H19Cl2N3O3. The quantitative estimate of drug-likeness (QED) is 0.859. The summed E-state index contributed by atoms with van der Waals surface area (Å²) in [5.41, 5.74) is 0. The van der Waals surface area contributed by atoms with Gasteiger partial charge in [-0.3, -0.25) is 14.5 Å². The van der Waals surface area contributed by atoms with Crippen molar-refractivity contribution in [3.63, 3.8) is 0 Å². The van der Waals surface area contributed by atoms with Crippen molar-refractivity contribution in [2.45, 2.75) is 0 Å². The molecule has 1 saturated heterocycles. The van der Waals surface area contributed by atoms with Gasteiger partial charge < -0.3 is 15.0 Å². The smallest absolute Gasteiger partial charge is 0.260 e. The van der Waals surface area contributed by atoms with E-state index >= 15 is 0 Å². The standard InChI is InChI=1S/C15H19Cl2N3O3/c1-18-14(21)9-19-4-6-20(7-5-19)15(22)10-23-11-2-3-12(16)13(17)8-11/h2-3,8H,4-7,9-10H2,1H3,(H,18,21). The highest BCUT2D eigenvalue weighted by Crippen LogP contribution is 2.26. The summed E-state index contributed by atoms with van der Waals surface area (Å²) < 4.78 is 5.45. The molecule has 1 aliphatic heterocycles. The third-order valence-electron chi connectivity index (χ3n) is 3.62. The second-order valence-electron chi connectivity index (χ2n) is 5.19. The maximum Gasteiger partial charge on any atom is 0.260 e.